The zero-order valence-corrected chi connectivity index (χ0v) is 12.7. The number of nitrogens with one attached hydrogen (secondary N) is 1. The van der Waals surface area contributed by atoms with Crippen LogP contribution in [0.4, 0.5) is 0 Å². The summed E-state index contributed by atoms with van der Waals surface area (Å²) in [7, 11) is 3.94. The number of likely N-dealkylation sites (N-methyl/N-ethyl adjacent to an activating group) is 1. The topological polar surface area (TPSA) is 43.0 Å². The number of aromatic nitrogens is 2. The Balaban J connectivity index is 2.25. The molecular formula is C13H18BrN3O. The Kier molecular flexibility index (Phi) is 3.92. The Morgan fingerprint density at radius 1 is 1.50 bits per heavy atom. The van der Waals surface area contributed by atoms with Crippen LogP contribution >= 0.6 is 15.9 Å². The normalized spacial score (nSPS) is 12.9. The molecule has 2 heterocycles. The molecule has 1 N–H and O–H groups in total. The molecule has 98 valence electrons. The summed E-state index contributed by atoms with van der Waals surface area (Å²) >= 11 is 3.60. The van der Waals surface area contributed by atoms with Gasteiger partial charge in [0.1, 0.15) is 5.76 Å². The predicted octanol–water partition coefficient (Wildman–Crippen LogP) is 2.90. The van der Waals surface area contributed by atoms with Gasteiger partial charge in [0.25, 0.3) is 0 Å². The van der Waals surface area contributed by atoms with Gasteiger partial charge in [0.2, 0.25) is 0 Å². The summed E-state index contributed by atoms with van der Waals surface area (Å²) in [5, 5.41) is 7.74. The predicted molar refractivity (Wildman–Crippen MR) is 74.6 cm³/mol. The van der Waals surface area contributed by atoms with E-state index >= 15 is 0 Å². The highest BCUT2D eigenvalue weighted by Gasteiger charge is 2.18. The van der Waals surface area contributed by atoms with Crippen molar-refractivity contribution in [1.82, 2.24) is 15.1 Å². The first kappa shape index (κ1) is 13.4. The fraction of sp³-hybridized carbons (Fsp3) is 0.462. The van der Waals surface area contributed by atoms with Gasteiger partial charge in [-0.1, -0.05) is 0 Å². The standard InChI is InChI=1S/C13H18BrN3O/c1-8-5-10(7-18-8)11(15-3)6-12-13(14)9(2)16-17(12)4/h5,7,11,15H,6H2,1-4H3. The molecular weight excluding hydrogens is 294 g/mol. The molecule has 0 aliphatic heterocycles. The van der Waals surface area contributed by atoms with Crippen molar-refractivity contribution in [3.8, 4) is 0 Å². The molecule has 1 unspecified atom stereocenters. The van der Waals surface area contributed by atoms with Crippen LogP contribution < -0.4 is 5.32 Å². The number of nitrogens with zero attached hydrogens (tertiary/aromatic N) is 2. The summed E-state index contributed by atoms with van der Waals surface area (Å²) in [5.74, 6) is 0.936. The fourth-order valence-electron chi connectivity index (χ4n) is 2.13. The molecule has 0 aromatic carbocycles. The van der Waals surface area contributed by atoms with Crippen LogP contribution in [0, 0.1) is 13.8 Å². The van der Waals surface area contributed by atoms with E-state index in [4.69, 9.17) is 4.42 Å². The lowest BCUT2D eigenvalue weighted by molar-refractivity contribution is 0.515. The lowest BCUT2D eigenvalue weighted by Gasteiger charge is -2.14. The van der Waals surface area contributed by atoms with E-state index in [9.17, 15) is 0 Å². The molecule has 0 fully saturated rings. The zero-order chi connectivity index (χ0) is 13.3. The molecule has 0 saturated carbocycles. The number of aryl methyl sites for hydroxylation is 3. The third-order valence-electron chi connectivity index (χ3n) is 3.16. The highest BCUT2D eigenvalue weighted by atomic mass is 79.9. The maximum atomic E-state index is 5.38. The van der Waals surface area contributed by atoms with Crippen molar-refractivity contribution in [3.63, 3.8) is 0 Å². The van der Waals surface area contributed by atoms with Crippen molar-refractivity contribution in [2.45, 2.75) is 26.3 Å². The summed E-state index contributed by atoms with van der Waals surface area (Å²) < 4.78 is 8.39. The highest BCUT2D eigenvalue weighted by Crippen LogP contribution is 2.26. The summed E-state index contributed by atoms with van der Waals surface area (Å²) in [4.78, 5) is 0. The number of halogens is 1. The monoisotopic (exact) mass is 311 g/mol. The lowest BCUT2D eigenvalue weighted by Crippen LogP contribution is -2.19. The smallest absolute Gasteiger partial charge is 0.101 e. The average Bonchev–Trinajstić information content (AvgIpc) is 2.84. The molecule has 0 aliphatic rings. The van der Waals surface area contributed by atoms with Crippen molar-refractivity contribution in [2.75, 3.05) is 7.05 Å². The minimum atomic E-state index is 0.230. The summed E-state index contributed by atoms with van der Waals surface area (Å²) in [6, 6.07) is 2.30. The van der Waals surface area contributed by atoms with Gasteiger partial charge < -0.3 is 9.73 Å². The minimum Gasteiger partial charge on any atom is -0.469 e. The molecule has 0 spiro atoms. The second-order valence-electron chi connectivity index (χ2n) is 4.51. The molecule has 0 bridgehead atoms. The maximum Gasteiger partial charge on any atom is 0.101 e. The van der Waals surface area contributed by atoms with Gasteiger partial charge in [0.15, 0.2) is 0 Å². The first-order valence-electron chi connectivity index (χ1n) is 5.93. The van der Waals surface area contributed by atoms with Crippen LogP contribution in [-0.2, 0) is 13.5 Å². The van der Waals surface area contributed by atoms with Gasteiger partial charge in [-0.25, -0.2) is 0 Å². The van der Waals surface area contributed by atoms with Crippen LogP contribution in [0.25, 0.3) is 0 Å². The molecule has 1 atom stereocenters. The van der Waals surface area contributed by atoms with Crippen molar-refractivity contribution in [1.29, 1.82) is 0 Å². The van der Waals surface area contributed by atoms with Gasteiger partial charge in [0, 0.05) is 25.1 Å². The number of hydrogen-bond donors (Lipinski definition) is 1. The van der Waals surface area contributed by atoms with Crippen molar-refractivity contribution >= 4 is 15.9 Å². The van der Waals surface area contributed by atoms with Gasteiger partial charge in [-0.2, -0.15) is 5.10 Å². The Morgan fingerprint density at radius 2 is 2.22 bits per heavy atom. The van der Waals surface area contributed by atoms with E-state index in [1.54, 1.807) is 0 Å². The summed E-state index contributed by atoms with van der Waals surface area (Å²) in [6.07, 6.45) is 2.68. The molecule has 18 heavy (non-hydrogen) atoms. The first-order valence-corrected chi connectivity index (χ1v) is 6.72. The molecule has 0 amide bonds. The summed E-state index contributed by atoms with van der Waals surface area (Å²) in [6.45, 7) is 3.96. The third-order valence-corrected chi connectivity index (χ3v) is 4.19. The van der Waals surface area contributed by atoms with E-state index in [1.165, 1.54) is 11.3 Å². The van der Waals surface area contributed by atoms with Crippen LogP contribution in [0.15, 0.2) is 21.2 Å². The second kappa shape index (κ2) is 5.28. The van der Waals surface area contributed by atoms with Gasteiger partial charge >= 0.3 is 0 Å². The number of hydrogen-bond acceptors (Lipinski definition) is 3. The Morgan fingerprint density at radius 3 is 2.67 bits per heavy atom. The van der Waals surface area contributed by atoms with Crippen molar-refractivity contribution < 1.29 is 4.42 Å². The van der Waals surface area contributed by atoms with Crippen LogP contribution in [0.1, 0.15) is 28.8 Å². The first-order chi connectivity index (χ1) is 8.52. The van der Waals surface area contributed by atoms with E-state index in [0.717, 1.165) is 22.3 Å². The van der Waals surface area contributed by atoms with Gasteiger partial charge in [0.05, 0.1) is 22.1 Å². The van der Waals surface area contributed by atoms with Gasteiger partial charge in [-0.15, -0.1) is 0 Å². The van der Waals surface area contributed by atoms with Crippen LogP contribution in [-0.4, -0.2) is 16.8 Å². The van der Waals surface area contributed by atoms with E-state index < -0.39 is 0 Å². The van der Waals surface area contributed by atoms with Crippen LogP contribution in [0.3, 0.4) is 0 Å². The van der Waals surface area contributed by atoms with E-state index in [-0.39, 0.29) is 6.04 Å². The third kappa shape index (κ3) is 2.52. The van der Waals surface area contributed by atoms with Crippen LogP contribution in [0.5, 0.6) is 0 Å². The Hall–Kier alpha value is -1.07. The fourth-order valence-corrected chi connectivity index (χ4v) is 2.63. The molecule has 0 aliphatic carbocycles. The average molecular weight is 312 g/mol. The van der Waals surface area contributed by atoms with Crippen molar-refractivity contribution in [2.24, 2.45) is 7.05 Å². The van der Waals surface area contributed by atoms with E-state index in [1.807, 2.05) is 38.9 Å². The SMILES string of the molecule is CNC(Cc1c(Br)c(C)nn1C)c1coc(C)c1. The van der Waals surface area contributed by atoms with E-state index in [2.05, 4.69) is 32.4 Å². The van der Waals surface area contributed by atoms with Crippen LogP contribution in [0.2, 0.25) is 0 Å². The number of rotatable bonds is 4. The molecule has 2 aromatic heterocycles. The quantitative estimate of drug-likeness (QED) is 0.944. The Labute approximate surface area is 115 Å². The number of furan rings is 1. The highest BCUT2D eigenvalue weighted by molar-refractivity contribution is 9.10. The summed E-state index contributed by atoms with van der Waals surface area (Å²) in [5.41, 5.74) is 3.37. The molecule has 4 nitrogen and oxygen atoms in total. The lowest BCUT2D eigenvalue weighted by atomic mass is 10.0. The van der Waals surface area contributed by atoms with Gasteiger partial charge in [-0.3, -0.25) is 4.68 Å². The van der Waals surface area contributed by atoms with Crippen molar-refractivity contribution in [3.05, 3.63) is 39.5 Å². The zero-order valence-electron chi connectivity index (χ0n) is 11.1. The molecule has 2 rings (SSSR count). The van der Waals surface area contributed by atoms with E-state index in [0.29, 0.717) is 0 Å². The molecule has 2 aromatic rings. The molecule has 0 radical (unpaired) electrons. The minimum absolute atomic E-state index is 0.230. The van der Waals surface area contributed by atoms with Gasteiger partial charge in [-0.05, 0) is 42.9 Å². The largest absolute Gasteiger partial charge is 0.469 e. The molecule has 5 heteroatoms. The second-order valence-corrected chi connectivity index (χ2v) is 5.30. The Bertz CT molecular complexity index is 544. The maximum absolute atomic E-state index is 5.38. The molecule has 0 saturated heterocycles.